The van der Waals surface area contributed by atoms with Crippen molar-refractivity contribution in [1.82, 2.24) is 20.0 Å². The topological polar surface area (TPSA) is 69.6 Å². The normalized spacial score (nSPS) is 22.2. The maximum atomic E-state index is 12.6. The highest BCUT2D eigenvalue weighted by Crippen LogP contribution is 2.16. The second-order valence-corrected chi connectivity index (χ2v) is 8.69. The molecule has 0 saturated carbocycles. The van der Waals surface area contributed by atoms with E-state index in [4.69, 9.17) is 14.5 Å². The average molecular weight is 572 g/mol. The Balaban J connectivity index is 0.00000306. The van der Waals surface area contributed by atoms with Crippen LogP contribution in [0.3, 0.4) is 0 Å². The van der Waals surface area contributed by atoms with Crippen LogP contribution in [0, 0.1) is 0 Å². The number of rotatable bonds is 6. The molecule has 33 heavy (non-hydrogen) atoms. The summed E-state index contributed by atoms with van der Waals surface area (Å²) < 4.78 is 11.0. The summed E-state index contributed by atoms with van der Waals surface area (Å²) in [5, 5.41) is 3.43. The molecule has 9 heteroatoms. The van der Waals surface area contributed by atoms with Gasteiger partial charge in [0.1, 0.15) is 6.10 Å². The van der Waals surface area contributed by atoms with E-state index in [0.29, 0.717) is 13.2 Å². The van der Waals surface area contributed by atoms with Crippen LogP contribution in [0.25, 0.3) is 0 Å². The molecule has 3 aliphatic rings. The zero-order chi connectivity index (χ0) is 22.2. The first-order chi connectivity index (χ1) is 15.7. The van der Waals surface area contributed by atoms with Gasteiger partial charge in [-0.15, -0.1) is 24.0 Å². The van der Waals surface area contributed by atoms with Crippen LogP contribution >= 0.6 is 24.0 Å². The summed E-state index contributed by atoms with van der Waals surface area (Å²) in [5.41, 5.74) is 2.55. The van der Waals surface area contributed by atoms with Crippen molar-refractivity contribution >= 4 is 35.8 Å². The fourth-order valence-electron chi connectivity index (χ4n) is 4.55. The lowest BCUT2D eigenvalue weighted by atomic mass is 10.1. The molecule has 184 valence electrons. The van der Waals surface area contributed by atoms with Gasteiger partial charge in [0.25, 0.3) is 5.91 Å². The standard InChI is InChI=1S/C24H37N5O3.HI/c1-2-25-24(29-10-8-28(9-11-29)23(30)22-7-4-14-32-22)26-18-20-5-3-6-21(17-20)19-27-12-15-31-16-13-27;/h3,5-6,17,22H,2,4,7-16,18-19H2,1H3,(H,25,26);1H. The number of halogens is 1. The van der Waals surface area contributed by atoms with Crippen LogP contribution in [0.1, 0.15) is 30.9 Å². The number of ether oxygens (including phenoxy) is 2. The monoisotopic (exact) mass is 571 g/mol. The number of guanidine groups is 1. The van der Waals surface area contributed by atoms with E-state index in [0.717, 1.165) is 84.4 Å². The molecule has 0 aliphatic carbocycles. The minimum Gasteiger partial charge on any atom is -0.379 e. The van der Waals surface area contributed by atoms with Gasteiger partial charge < -0.3 is 24.6 Å². The molecule has 0 radical (unpaired) electrons. The van der Waals surface area contributed by atoms with Crippen LogP contribution in [0.15, 0.2) is 29.3 Å². The molecule has 1 aromatic carbocycles. The Bertz CT molecular complexity index is 773. The summed E-state index contributed by atoms with van der Waals surface area (Å²) in [6.07, 6.45) is 1.61. The molecule has 3 heterocycles. The minimum atomic E-state index is -0.229. The Morgan fingerprint density at radius 2 is 1.79 bits per heavy atom. The molecule has 3 aliphatic heterocycles. The van der Waals surface area contributed by atoms with Crippen LogP contribution in [-0.4, -0.2) is 98.3 Å². The van der Waals surface area contributed by atoms with Gasteiger partial charge in [0.05, 0.1) is 19.8 Å². The first-order valence-electron chi connectivity index (χ1n) is 12.0. The van der Waals surface area contributed by atoms with E-state index < -0.39 is 0 Å². The summed E-state index contributed by atoms with van der Waals surface area (Å²) in [4.78, 5) is 24.2. The third-order valence-corrected chi connectivity index (χ3v) is 6.34. The number of aliphatic imine (C=N–C) groups is 1. The first kappa shape index (κ1) is 26.2. The number of benzene rings is 1. The zero-order valence-corrected chi connectivity index (χ0v) is 22.0. The number of nitrogens with one attached hydrogen (secondary N) is 1. The summed E-state index contributed by atoms with van der Waals surface area (Å²) in [6, 6.07) is 8.73. The van der Waals surface area contributed by atoms with E-state index >= 15 is 0 Å². The van der Waals surface area contributed by atoms with Crippen LogP contribution in [0.4, 0.5) is 0 Å². The fourth-order valence-corrected chi connectivity index (χ4v) is 4.55. The number of morpholine rings is 1. The van der Waals surface area contributed by atoms with Crippen LogP contribution in [-0.2, 0) is 27.4 Å². The smallest absolute Gasteiger partial charge is 0.251 e. The van der Waals surface area contributed by atoms with Gasteiger partial charge in [0.2, 0.25) is 0 Å². The molecule has 3 saturated heterocycles. The molecule has 0 bridgehead atoms. The number of nitrogens with zero attached hydrogens (tertiary/aromatic N) is 4. The molecule has 1 unspecified atom stereocenters. The summed E-state index contributed by atoms with van der Waals surface area (Å²) in [6.45, 7) is 11.9. The molecule has 4 rings (SSSR count). The van der Waals surface area contributed by atoms with Crippen molar-refractivity contribution in [2.45, 2.75) is 39.0 Å². The van der Waals surface area contributed by atoms with Crippen molar-refractivity contribution in [3.8, 4) is 0 Å². The molecule has 1 amide bonds. The molecule has 0 aromatic heterocycles. The van der Waals surface area contributed by atoms with E-state index in [1.165, 1.54) is 11.1 Å². The van der Waals surface area contributed by atoms with Crippen molar-refractivity contribution in [3.63, 3.8) is 0 Å². The zero-order valence-electron chi connectivity index (χ0n) is 19.7. The highest BCUT2D eigenvalue weighted by atomic mass is 127. The van der Waals surface area contributed by atoms with Gasteiger partial charge in [-0.1, -0.05) is 24.3 Å². The molecular weight excluding hydrogens is 533 g/mol. The van der Waals surface area contributed by atoms with Crippen LogP contribution < -0.4 is 5.32 Å². The van der Waals surface area contributed by atoms with Gasteiger partial charge in [-0.25, -0.2) is 4.99 Å². The summed E-state index contributed by atoms with van der Waals surface area (Å²) in [5.74, 6) is 1.08. The predicted molar refractivity (Wildman–Crippen MR) is 140 cm³/mol. The number of hydrogen-bond acceptors (Lipinski definition) is 5. The molecule has 1 aromatic rings. The quantitative estimate of drug-likeness (QED) is 0.320. The first-order valence-corrected chi connectivity index (χ1v) is 12.0. The van der Waals surface area contributed by atoms with Crippen molar-refractivity contribution in [2.75, 3.05) is 65.6 Å². The molecule has 1 N–H and O–H groups in total. The number of hydrogen-bond donors (Lipinski definition) is 1. The lowest BCUT2D eigenvalue weighted by molar-refractivity contribution is -0.142. The van der Waals surface area contributed by atoms with Crippen molar-refractivity contribution in [2.24, 2.45) is 4.99 Å². The summed E-state index contributed by atoms with van der Waals surface area (Å²) >= 11 is 0. The van der Waals surface area contributed by atoms with E-state index in [-0.39, 0.29) is 36.0 Å². The molecular formula is C24H38IN5O3. The minimum absolute atomic E-state index is 0. The highest BCUT2D eigenvalue weighted by molar-refractivity contribution is 14.0. The SMILES string of the molecule is CCNC(=NCc1cccc(CN2CCOCC2)c1)N1CCN(C(=O)C2CCCO2)CC1.I. The largest absolute Gasteiger partial charge is 0.379 e. The van der Waals surface area contributed by atoms with Gasteiger partial charge in [-0.05, 0) is 30.9 Å². The second-order valence-electron chi connectivity index (χ2n) is 8.69. The van der Waals surface area contributed by atoms with Crippen LogP contribution in [0.5, 0.6) is 0 Å². The fraction of sp³-hybridized carbons (Fsp3) is 0.667. The van der Waals surface area contributed by atoms with Crippen molar-refractivity contribution in [3.05, 3.63) is 35.4 Å². The Hall–Kier alpha value is -1.43. The van der Waals surface area contributed by atoms with E-state index in [9.17, 15) is 4.79 Å². The maximum absolute atomic E-state index is 12.6. The Kier molecular flexibility index (Phi) is 10.7. The van der Waals surface area contributed by atoms with E-state index in [1.54, 1.807) is 0 Å². The molecule has 8 nitrogen and oxygen atoms in total. The van der Waals surface area contributed by atoms with Gasteiger partial charge in [0.15, 0.2) is 5.96 Å². The lowest BCUT2D eigenvalue weighted by Gasteiger charge is -2.37. The third-order valence-electron chi connectivity index (χ3n) is 6.34. The number of carbonyl (C=O) groups excluding carboxylic acids is 1. The molecule has 0 spiro atoms. The van der Waals surface area contributed by atoms with Gasteiger partial charge in [0, 0.05) is 59.0 Å². The van der Waals surface area contributed by atoms with Gasteiger partial charge in [-0.3, -0.25) is 9.69 Å². The Morgan fingerprint density at radius 1 is 1.06 bits per heavy atom. The van der Waals surface area contributed by atoms with Crippen LogP contribution in [0.2, 0.25) is 0 Å². The molecule has 1 atom stereocenters. The molecule has 3 fully saturated rings. The Morgan fingerprint density at radius 3 is 2.48 bits per heavy atom. The predicted octanol–water partition coefficient (Wildman–Crippen LogP) is 1.93. The second kappa shape index (κ2) is 13.5. The van der Waals surface area contributed by atoms with Gasteiger partial charge >= 0.3 is 0 Å². The van der Waals surface area contributed by atoms with Gasteiger partial charge in [-0.2, -0.15) is 0 Å². The summed E-state index contributed by atoms with van der Waals surface area (Å²) in [7, 11) is 0. The lowest BCUT2D eigenvalue weighted by Crippen LogP contribution is -2.55. The van der Waals surface area contributed by atoms with E-state index in [2.05, 4.69) is 46.3 Å². The van der Waals surface area contributed by atoms with Crippen molar-refractivity contribution in [1.29, 1.82) is 0 Å². The third kappa shape index (κ3) is 7.53. The maximum Gasteiger partial charge on any atom is 0.251 e. The highest BCUT2D eigenvalue weighted by Gasteiger charge is 2.30. The number of amides is 1. The van der Waals surface area contributed by atoms with E-state index in [1.807, 2.05) is 4.90 Å². The Labute approximate surface area is 214 Å². The number of carbonyl (C=O) groups is 1. The number of piperazine rings is 1. The van der Waals surface area contributed by atoms with Crippen molar-refractivity contribution < 1.29 is 14.3 Å². The average Bonchev–Trinajstić information content (AvgIpc) is 3.37.